The van der Waals surface area contributed by atoms with Crippen LogP contribution in [0.2, 0.25) is 0 Å². The normalized spacial score (nSPS) is 14.7. The maximum Gasteiger partial charge on any atom is 0.282 e. The van der Waals surface area contributed by atoms with Crippen molar-refractivity contribution in [2.75, 3.05) is 18.6 Å². The molecule has 3 aromatic carbocycles. The second kappa shape index (κ2) is 8.66. The number of carbonyl (C=O) groups excluding carboxylic acids is 1. The molecule has 1 aliphatic heterocycles. The standard InChI is InChI=1S/C25H22N2O3/c1-3-30-22-13-9-18(10-14-22)17-23-25(28)27(20-11-15-21(29-2)16-12-20)24(26-23)19-7-5-4-6-8-19/h4-17H,3H2,1-2H3/b23-17+. The van der Waals surface area contributed by atoms with E-state index in [0.717, 1.165) is 28.3 Å². The van der Waals surface area contributed by atoms with Crippen LogP contribution in [-0.2, 0) is 4.79 Å². The molecular formula is C25H22N2O3. The Hall–Kier alpha value is -3.86. The second-order valence-corrected chi connectivity index (χ2v) is 6.67. The Balaban J connectivity index is 1.73. The molecule has 3 aromatic rings. The van der Waals surface area contributed by atoms with Crippen LogP contribution >= 0.6 is 0 Å². The van der Waals surface area contributed by atoms with E-state index in [-0.39, 0.29) is 5.91 Å². The molecule has 0 saturated heterocycles. The molecule has 1 amide bonds. The molecule has 0 radical (unpaired) electrons. The van der Waals surface area contributed by atoms with Crippen LogP contribution in [-0.4, -0.2) is 25.5 Å². The molecule has 30 heavy (non-hydrogen) atoms. The van der Waals surface area contributed by atoms with Gasteiger partial charge in [-0.3, -0.25) is 9.69 Å². The van der Waals surface area contributed by atoms with Gasteiger partial charge in [-0.1, -0.05) is 42.5 Å². The van der Waals surface area contributed by atoms with Gasteiger partial charge in [-0.05, 0) is 55.0 Å². The van der Waals surface area contributed by atoms with Crippen molar-refractivity contribution >= 4 is 23.5 Å². The van der Waals surface area contributed by atoms with E-state index in [2.05, 4.69) is 4.99 Å². The molecule has 0 bridgehead atoms. The predicted molar refractivity (Wildman–Crippen MR) is 119 cm³/mol. The molecule has 4 rings (SSSR count). The summed E-state index contributed by atoms with van der Waals surface area (Å²) >= 11 is 0. The van der Waals surface area contributed by atoms with E-state index >= 15 is 0 Å². The topological polar surface area (TPSA) is 51.1 Å². The third kappa shape index (κ3) is 3.96. The Morgan fingerprint density at radius 3 is 2.20 bits per heavy atom. The number of aliphatic imine (C=N–C) groups is 1. The van der Waals surface area contributed by atoms with E-state index < -0.39 is 0 Å². The van der Waals surface area contributed by atoms with Crippen molar-refractivity contribution in [2.24, 2.45) is 4.99 Å². The molecule has 0 saturated carbocycles. The Morgan fingerprint density at radius 1 is 0.900 bits per heavy atom. The molecule has 0 unspecified atom stereocenters. The molecule has 0 aromatic heterocycles. The van der Waals surface area contributed by atoms with Gasteiger partial charge in [0.15, 0.2) is 0 Å². The highest BCUT2D eigenvalue weighted by Crippen LogP contribution is 2.29. The molecule has 0 atom stereocenters. The predicted octanol–water partition coefficient (Wildman–Crippen LogP) is 4.93. The van der Waals surface area contributed by atoms with Crippen molar-refractivity contribution in [1.29, 1.82) is 0 Å². The molecule has 0 spiro atoms. The minimum absolute atomic E-state index is 0.173. The zero-order chi connectivity index (χ0) is 20.9. The molecule has 5 nitrogen and oxygen atoms in total. The van der Waals surface area contributed by atoms with Gasteiger partial charge in [-0.25, -0.2) is 4.99 Å². The van der Waals surface area contributed by atoms with Crippen molar-refractivity contribution in [1.82, 2.24) is 0 Å². The van der Waals surface area contributed by atoms with Gasteiger partial charge in [0.2, 0.25) is 0 Å². The summed E-state index contributed by atoms with van der Waals surface area (Å²) in [5, 5.41) is 0. The van der Waals surface area contributed by atoms with Crippen molar-refractivity contribution in [3.63, 3.8) is 0 Å². The van der Waals surface area contributed by atoms with Gasteiger partial charge in [0, 0.05) is 5.56 Å². The lowest BCUT2D eigenvalue weighted by molar-refractivity contribution is -0.113. The molecule has 0 N–H and O–H groups in total. The summed E-state index contributed by atoms with van der Waals surface area (Å²) in [5.74, 6) is 1.95. The molecule has 150 valence electrons. The Labute approximate surface area is 175 Å². The van der Waals surface area contributed by atoms with Crippen LogP contribution in [0.15, 0.2) is 89.6 Å². The summed E-state index contributed by atoms with van der Waals surface area (Å²) in [6.07, 6.45) is 1.80. The highest BCUT2D eigenvalue weighted by atomic mass is 16.5. The number of rotatable bonds is 6. The fourth-order valence-electron chi connectivity index (χ4n) is 3.25. The fourth-order valence-corrected chi connectivity index (χ4v) is 3.25. The van der Waals surface area contributed by atoms with Crippen molar-refractivity contribution in [3.8, 4) is 11.5 Å². The van der Waals surface area contributed by atoms with Gasteiger partial charge < -0.3 is 9.47 Å². The van der Waals surface area contributed by atoms with Crippen LogP contribution < -0.4 is 14.4 Å². The first-order valence-electron chi connectivity index (χ1n) is 9.77. The number of methoxy groups -OCH3 is 1. The monoisotopic (exact) mass is 398 g/mol. The molecule has 5 heteroatoms. The number of hydrogen-bond donors (Lipinski definition) is 0. The van der Waals surface area contributed by atoms with E-state index in [1.807, 2.05) is 85.8 Å². The van der Waals surface area contributed by atoms with Crippen LogP contribution in [0.5, 0.6) is 11.5 Å². The van der Waals surface area contributed by atoms with Gasteiger partial charge in [0.05, 0.1) is 19.4 Å². The van der Waals surface area contributed by atoms with E-state index in [9.17, 15) is 4.79 Å². The number of anilines is 1. The zero-order valence-electron chi connectivity index (χ0n) is 16.9. The summed E-state index contributed by atoms with van der Waals surface area (Å²) in [6.45, 7) is 2.56. The highest BCUT2D eigenvalue weighted by Gasteiger charge is 2.32. The lowest BCUT2D eigenvalue weighted by Crippen LogP contribution is -2.32. The molecule has 1 aliphatic rings. The highest BCUT2D eigenvalue weighted by molar-refractivity contribution is 6.33. The minimum atomic E-state index is -0.173. The van der Waals surface area contributed by atoms with E-state index in [0.29, 0.717) is 18.1 Å². The number of benzene rings is 3. The van der Waals surface area contributed by atoms with Crippen molar-refractivity contribution in [3.05, 3.63) is 95.7 Å². The maximum atomic E-state index is 13.3. The van der Waals surface area contributed by atoms with Crippen LogP contribution in [0.25, 0.3) is 6.08 Å². The van der Waals surface area contributed by atoms with Crippen molar-refractivity contribution in [2.45, 2.75) is 6.92 Å². The summed E-state index contributed by atoms with van der Waals surface area (Å²) in [6, 6.07) is 24.7. The Bertz CT molecular complexity index is 1090. The van der Waals surface area contributed by atoms with Gasteiger partial charge in [-0.15, -0.1) is 0 Å². The molecule has 1 heterocycles. The first kappa shape index (κ1) is 19.5. The van der Waals surface area contributed by atoms with Crippen LogP contribution in [0.1, 0.15) is 18.1 Å². The summed E-state index contributed by atoms with van der Waals surface area (Å²) < 4.78 is 10.7. The lowest BCUT2D eigenvalue weighted by atomic mass is 10.1. The number of amides is 1. The summed E-state index contributed by atoms with van der Waals surface area (Å²) in [5.41, 5.74) is 2.87. The minimum Gasteiger partial charge on any atom is -0.497 e. The Kier molecular flexibility index (Phi) is 5.61. The maximum absolute atomic E-state index is 13.3. The third-order valence-corrected chi connectivity index (χ3v) is 4.72. The first-order chi connectivity index (χ1) is 14.7. The second-order valence-electron chi connectivity index (χ2n) is 6.67. The number of amidine groups is 1. The van der Waals surface area contributed by atoms with E-state index in [4.69, 9.17) is 9.47 Å². The Morgan fingerprint density at radius 2 is 1.57 bits per heavy atom. The SMILES string of the molecule is CCOc1ccc(/C=C2/N=C(c3ccccc3)N(c3ccc(OC)cc3)C2=O)cc1. The largest absolute Gasteiger partial charge is 0.497 e. The van der Waals surface area contributed by atoms with Crippen LogP contribution in [0.4, 0.5) is 5.69 Å². The van der Waals surface area contributed by atoms with Gasteiger partial charge in [0.25, 0.3) is 5.91 Å². The van der Waals surface area contributed by atoms with Gasteiger partial charge >= 0.3 is 0 Å². The summed E-state index contributed by atoms with van der Waals surface area (Å²) in [4.78, 5) is 19.6. The first-order valence-corrected chi connectivity index (χ1v) is 9.77. The molecular weight excluding hydrogens is 376 g/mol. The lowest BCUT2D eigenvalue weighted by Gasteiger charge is -2.18. The fraction of sp³-hybridized carbons (Fsp3) is 0.120. The van der Waals surface area contributed by atoms with E-state index in [1.54, 1.807) is 18.1 Å². The smallest absolute Gasteiger partial charge is 0.282 e. The van der Waals surface area contributed by atoms with E-state index in [1.165, 1.54) is 0 Å². The number of ether oxygens (including phenoxy) is 2. The number of nitrogens with zero attached hydrogens (tertiary/aromatic N) is 2. The summed E-state index contributed by atoms with van der Waals surface area (Å²) in [7, 11) is 1.62. The molecule has 0 fully saturated rings. The van der Waals surface area contributed by atoms with Gasteiger partial charge in [-0.2, -0.15) is 0 Å². The van der Waals surface area contributed by atoms with Gasteiger partial charge in [0.1, 0.15) is 23.0 Å². The average Bonchev–Trinajstić information content (AvgIpc) is 3.12. The quantitative estimate of drug-likeness (QED) is 0.553. The van der Waals surface area contributed by atoms with Crippen LogP contribution in [0.3, 0.4) is 0 Å². The number of carbonyl (C=O) groups is 1. The third-order valence-electron chi connectivity index (χ3n) is 4.72. The van der Waals surface area contributed by atoms with Crippen molar-refractivity contribution < 1.29 is 14.3 Å². The van der Waals surface area contributed by atoms with Crippen LogP contribution in [0, 0.1) is 0 Å². The number of hydrogen-bond acceptors (Lipinski definition) is 4. The zero-order valence-corrected chi connectivity index (χ0v) is 16.9. The molecule has 0 aliphatic carbocycles. The average molecular weight is 398 g/mol.